The van der Waals surface area contributed by atoms with Gasteiger partial charge in [0.1, 0.15) is 17.2 Å². The number of nitrogens with zero attached hydrogens (tertiary/aromatic N) is 1. The minimum Gasteiger partial charge on any atom is -0.496 e. The van der Waals surface area contributed by atoms with E-state index in [0.717, 1.165) is 23.6 Å². The van der Waals surface area contributed by atoms with Crippen molar-refractivity contribution in [2.45, 2.75) is 18.9 Å². The van der Waals surface area contributed by atoms with Gasteiger partial charge in [-0.2, -0.15) is 0 Å². The Morgan fingerprint density at radius 3 is 2.55 bits per heavy atom. The molecule has 1 aliphatic rings. The van der Waals surface area contributed by atoms with Gasteiger partial charge in [-0.1, -0.05) is 12.1 Å². The van der Waals surface area contributed by atoms with Crippen molar-refractivity contribution in [3.05, 3.63) is 71.9 Å². The number of aromatic nitrogens is 1. The summed E-state index contributed by atoms with van der Waals surface area (Å²) in [5.74, 6) is 1.31. The Bertz CT molecular complexity index is 1400. The molecule has 3 aromatic carbocycles. The van der Waals surface area contributed by atoms with Crippen LogP contribution in [0.3, 0.4) is 0 Å². The highest BCUT2D eigenvalue weighted by Crippen LogP contribution is 2.34. The van der Waals surface area contributed by atoms with Crippen LogP contribution in [0.25, 0.3) is 21.7 Å². The van der Waals surface area contributed by atoms with Gasteiger partial charge in [0, 0.05) is 36.3 Å². The van der Waals surface area contributed by atoms with Crippen LogP contribution in [0.2, 0.25) is 0 Å². The summed E-state index contributed by atoms with van der Waals surface area (Å²) in [5, 5.41) is 8.14. The monoisotopic (exact) mass is 441 g/mol. The van der Waals surface area contributed by atoms with Gasteiger partial charge in [-0.05, 0) is 60.0 Å². The van der Waals surface area contributed by atoms with Crippen molar-refractivity contribution in [1.29, 1.82) is 0 Å². The number of nitrogens with one attached hydrogen (secondary N) is 2. The smallest absolute Gasteiger partial charge is 0.254 e. The van der Waals surface area contributed by atoms with E-state index in [0.29, 0.717) is 45.3 Å². The maximum absolute atomic E-state index is 12.6. The number of fused-ring (bicyclic) bond motifs is 2. The van der Waals surface area contributed by atoms with Gasteiger partial charge >= 0.3 is 0 Å². The molecule has 1 fully saturated rings. The zero-order valence-corrected chi connectivity index (χ0v) is 18.3. The van der Waals surface area contributed by atoms with Crippen molar-refractivity contribution >= 4 is 33.5 Å². The Morgan fingerprint density at radius 1 is 0.939 bits per heavy atom. The molecule has 0 saturated heterocycles. The standard InChI is InChI=1S/C26H23N3O4/c1-27-25(30)21-13-20-22(14-24(21)32-2)28-11-10-23(20)33-17-8-9-18-15(12-17)4-3-5-19(18)26(31)29-16-6-7-16/h3-5,8-14,16H,6-7H2,1-2H3,(H,27,30)(H,29,31). The molecule has 0 radical (unpaired) electrons. The molecule has 0 spiro atoms. The highest BCUT2D eigenvalue weighted by Gasteiger charge is 2.24. The maximum atomic E-state index is 12.6. The first-order valence-electron chi connectivity index (χ1n) is 10.8. The number of hydrogen-bond acceptors (Lipinski definition) is 5. The van der Waals surface area contributed by atoms with Crippen molar-refractivity contribution in [2.75, 3.05) is 14.2 Å². The Hall–Kier alpha value is -4.13. The summed E-state index contributed by atoms with van der Waals surface area (Å²) in [4.78, 5) is 29.3. The molecule has 5 rings (SSSR count). The lowest BCUT2D eigenvalue weighted by atomic mass is 10.0. The van der Waals surface area contributed by atoms with Gasteiger partial charge in [0.05, 0.1) is 18.2 Å². The van der Waals surface area contributed by atoms with Crippen LogP contribution >= 0.6 is 0 Å². The van der Waals surface area contributed by atoms with E-state index in [2.05, 4.69) is 15.6 Å². The first kappa shape index (κ1) is 20.8. The average Bonchev–Trinajstić information content (AvgIpc) is 3.66. The van der Waals surface area contributed by atoms with Crippen LogP contribution in [0.1, 0.15) is 33.6 Å². The van der Waals surface area contributed by atoms with Crippen LogP contribution in [0.15, 0.2) is 60.8 Å². The van der Waals surface area contributed by atoms with E-state index in [9.17, 15) is 9.59 Å². The van der Waals surface area contributed by atoms with E-state index in [-0.39, 0.29) is 11.8 Å². The summed E-state index contributed by atoms with van der Waals surface area (Å²) in [5.41, 5.74) is 1.70. The van der Waals surface area contributed by atoms with Crippen LogP contribution in [0, 0.1) is 0 Å². The zero-order valence-electron chi connectivity index (χ0n) is 18.3. The lowest BCUT2D eigenvalue weighted by Gasteiger charge is -2.13. The average molecular weight is 441 g/mol. The Kier molecular flexibility index (Phi) is 5.30. The second kappa shape index (κ2) is 8.43. The molecule has 7 heteroatoms. The predicted octanol–water partition coefficient (Wildman–Crippen LogP) is 4.44. The molecule has 0 unspecified atom stereocenters. The van der Waals surface area contributed by atoms with Crippen LogP contribution in [0.4, 0.5) is 0 Å². The summed E-state index contributed by atoms with van der Waals surface area (Å²) in [6, 6.07) is 16.8. The number of carbonyl (C=O) groups excluding carboxylic acids is 2. The summed E-state index contributed by atoms with van der Waals surface area (Å²) >= 11 is 0. The lowest BCUT2D eigenvalue weighted by Crippen LogP contribution is -2.25. The Balaban J connectivity index is 1.52. The van der Waals surface area contributed by atoms with Crippen LogP contribution in [-0.4, -0.2) is 37.0 Å². The molecule has 2 N–H and O–H groups in total. The van der Waals surface area contributed by atoms with Gasteiger partial charge < -0.3 is 20.1 Å². The molecule has 4 aromatic rings. The van der Waals surface area contributed by atoms with E-state index in [1.54, 1.807) is 31.4 Å². The number of methoxy groups -OCH3 is 1. The molecule has 0 aliphatic heterocycles. The van der Waals surface area contributed by atoms with E-state index < -0.39 is 0 Å². The fourth-order valence-electron chi connectivity index (χ4n) is 3.86. The highest BCUT2D eigenvalue weighted by molar-refractivity contribution is 6.07. The molecule has 1 aromatic heterocycles. The van der Waals surface area contributed by atoms with Crippen LogP contribution in [-0.2, 0) is 0 Å². The van der Waals surface area contributed by atoms with E-state index >= 15 is 0 Å². The second-order valence-corrected chi connectivity index (χ2v) is 8.00. The maximum Gasteiger partial charge on any atom is 0.254 e. The lowest BCUT2D eigenvalue weighted by molar-refractivity contribution is 0.0947. The summed E-state index contributed by atoms with van der Waals surface area (Å²) in [7, 11) is 3.09. The molecule has 1 saturated carbocycles. The molecule has 2 amide bonds. The molecule has 0 atom stereocenters. The molecule has 33 heavy (non-hydrogen) atoms. The number of benzene rings is 3. The quantitative estimate of drug-likeness (QED) is 0.462. The highest BCUT2D eigenvalue weighted by atomic mass is 16.5. The topological polar surface area (TPSA) is 89.5 Å². The molecule has 1 aliphatic carbocycles. The van der Waals surface area contributed by atoms with Crippen LogP contribution in [0.5, 0.6) is 17.2 Å². The van der Waals surface area contributed by atoms with E-state index in [4.69, 9.17) is 9.47 Å². The van der Waals surface area contributed by atoms with Gasteiger partial charge in [0.2, 0.25) is 0 Å². The van der Waals surface area contributed by atoms with Crippen LogP contribution < -0.4 is 20.1 Å². The third-order valence-electron chi connectivity index (χ3n) is 5.73. The molecule has 7 nitrogen and oxygen atoms in total. The number of ether oxygens (including phenoxy) is 2. The number of carbonyl (C=O) groups is 2. The molecular formula is C26H23N3O4. The Labute approximate surface area is 190 Å². The zero-order chi connectivity index (χ0) is 22.9. The van der Waals surface area contributed by atoms with Gasteiger partial charge in [-0.25, -0.2) is 0 Å². The minimum atomic E-state index is -0.258. The molecule has 166 valence electrons. The van der Waals surface area contributed by atoms with Crippen molar-refractivity contribution in [3.63, 3.8) is 0 Å². The van der Waals surface area contributed by atoms with Crippen molar-refractivity contribution in [2.24, 2.45) is 0 Å². The minimum absolute atomic E-state index is 0.0485. The second-order valence-electron chi connectivity index (χ2n) is 8.00. The van der Waals surface area contributed by atoms with Gasteiger partial charge in [0.15, 0.2) is 0 Å². The van der Waals surface area contributed by atoms with Crippen molar-refractivity contribution in [3.8, 4) is 17.2 Å². The largest absolute Gasteiger partial charge is 0.496 e. The van der Waals surface area contributed by atoms with Gasteiger partial charge in [-0.15, -0.1) is 0 Å². The summed E-state index contributed by atoms with van der Waals surface area (Å²) in [6.07, 6.45) is 3.74. The first-order chi connectivity index (χ1) is 16.1. The fraction of sp³-hybridized carbons (Fsp3) is 0.192. The fourth-order valence-corrected chi connectivity index (χ4v) is 3.86. The van der Waals surface area contributed by atoms with Gasteiger partial charge in [0.25, 0.3) is 11.8 Å². The summed E-state index contributed by atoms with van der Waals surface area (Å²) < 4.78 is 11.6. The molecule has 1 heterocycles. The third kappa shape index (κ3) is 4.05. The number of rotatable bonds is 6. The van der Waals surface area contributed by atoms with Gasteiger partial charge in [-0.3, -0.25) is 14.6 Å². The van der Waals surface area contributed by atoms with Crippen molar-refractivity contribution in [1.82, 2.24) is 15.6 Å². The first-order valence-corrected chi connectivity index (χ1v) is 10.8. The number of amides is 2. The Morgan fingerprint density at radius 2 is 1.79 bits per heavy atom. The molecular weight excluding hydrogens is 418 g/mol. The third-order valence-corrected chi connectivity index (χ3v) is 5.73. The predicted molar refractivity (Wildman–Crippen MR) is 126 cm³/mol. The SMILES string of the molecule is CNC(=O)c1cc2c(Oc3ccc4c(C(=O)NC5CC5)cccc4c3)ccnc2cc1OC. The van der Waals surface area contributed by atoms with E-state index in [1.807, 2.05) is 36.4 Å². The number of hydrogen-bond donors (Lipinski definition) is 2. The summed E-state index contributed by atoms with van der Waals surface area (Å²) in [6.45, 7) is 0. The molecule has 0 bridgehead atoms. The van der Waals surface area contributed by atoms with Crippen molar-refractivity contribution < 1.29 is 19.1 Å². The number of pyridine rings is 1. The van der Waals surface area contributed by atoms with E-state index in [1.165, 1.54) is 7.11 Å². The normalized spacial score (nSPS) is 13.0.